The second-order valence-corrected chi connectivity index (χ2v) is 4.79. The first-order valence-corrected chi connectivity index (χ1v) is 7.27. The van der Waals surface area contributed by atoms with Crippen molar-refractivity contribution in [2.45, 2.75) is 19.4 Å². The smallest absolute Gasteiger partial charge is 0.286 e. The second kappa shape index (κ2) is 8.57. The van der Waals surface area contributed by atoms with Gasteiger partial charge in [-0.15, -0.1) is 0 Å². The fourth-order valence-electron chi connectivity index (χ4n) is 1.97. The molecule has 0 aromatic carbocycles. The van der Waals surface area contributed by atoms with Crippen molar-refractivity contribution in [1.29, 1.82) is 0 Å². The molecule has 0 aliphatic heterocycles. The maximum absolute atomic E-state index is 11.8. The summed E-state index contributed by atoms with van der Waals surface area (Å²) < 4.78 is 10.1. The van der Waals surface area contributed by atoms with Crippen LogP contribution in [-0.4, -0.2) is 30.5 Å². The lowest BCUT2D eigenvalue weighted by atomic mass is 10.2. The van der Waals surface area contributed by atoms with E-state index in [1.165, 1.54) is 13.4 Å². The van der Waals surface area contributed by atoms with Crippen LogP contribution in [0.4, 0.5) is 0 Å². The number of hydrogen-bond donors (Lipinski definition) is 2. The molecule has 0 unspecified atom stereocenters. The summed E-state index contributed by atoms with van der Waals surface area (Å²) in [7, 11) is 1.54. The summed E-state index contributed by atoms with van der Waals surface area (Å²) in [5.74, 6) is 0.385. The summed E-state index contributed by atoms with van der Waals surface area (Å²) in [6, 6.07) is 6.86. The molecule has 0 aliphatic carbocycles. The van der Waals surface area contributed by atoms with Gasteiger partial charge in [0.1, 0.15) is 0 Å². The highest BCUT2D eigenvalue weighted by molar-refractivity contribution is 5.91. The van der Waals surface area contributed by atoms with Crippen LogP contribution >= 0.6 is 0 Å². The highest BCUT2D eigenvalue weighted by atomic mass is 16.5. The number of ether oxygens (including phenoxy) is 1. The third-order valence-corrected chi connectivity index (χ3v) is 3.13. The van der Waals surface area contributed by atoms with Gasteiger partial charge in [-0.2, -0.15) is 0 Å². The van der Waals surface area contributed by atoms with Crippen molar-refractivity contribution < 1.29 is 18.7 Å². The number of furan rings is 1. The standard InChI is InChI=1S/C16H19N3O4/c1-22-16-12(5-2-9-18-16)11-19-14(20)7-3-8-17-15(21)13-6-4-10-23-13/h2,4-6,9-10H,3,7-8,11H2,1H3,(H,17,21)(H,19,20). The van der Waals surface area contributed by atoms with Crippen LogP contribution < -0.4 is 15.4 Å². The summed E-state index contributed by atoms with van der Waals surface area (Å²) in [6.45, 7) is 0.762. The van der Waals surface area contributed by atoms with E-state index < -0.39 is 0 Å². The molecular weight excluding hydrogens is 298 g/mol. The van der Waals surface area contributed by atoms with Gasteiger partial charge in [0, 0.05) is 31.3 Å². The van der Waals surface area contributed by atoms with Crippen LogP contribution in [0.5, 0.6) is 5.88 Å². The first kappa shape index (κ1) is 16.5. The van der Waals surface area contributed by atoms with E-state index in [9.17, 15) is 9.59 Å². The number of hydrogen-bond acceptors (Lipinski definition) is 5. The van der Waals surface area contributed by atoms with Gasteiger partial charge in [0.15, 0.2) is 5.76 Å². The Hall–Kier alpha value is -2.83. The lowest BCUT2D eigenvalue weighted by Crippen LogP contribution is -2.27. The van der Waals surface area contributed by atoms with Crippen molar-refractivity contribution in [2.75, 3.05) is 13.7 Å². The Balaban J connectivity index is 1.64. The number of methoxy groups -OCH3 is 1. The van der Waals surface area contributed by atoms with E-state index in [0.29, 0.717) is 31.8 Å². The molecule has 2 aromatic rings. The van der Waals surface area contributed by atoms with E-state index in [0.717, 1.165) is 5.56 Å². The Morgan fingerprint density at radius 1 is 1.26 bits per heavy atom. The quantitative estimate of drug-likeness (QED) is 0.720. The van der Waals surface area contributed by atoms with E-state index in [1.807, 2.05) is 6.07 Å². The maximum Gasteiger partial charge on any atom is 0.286 e. The van der Waals surface area contributed by atoms with Crippen molar-refractivity contribution in [2.24, 2.45) is 0 Å². The predicted octanol–water partition coefficient (Wildman–Crippen LogP) is 1.51. The highest BCUT2D eigenvalue weighted by Crippen LogP contribution is 2.12. The van der Waals surface area contributed by atoms with Crippen molar-refractivity contribution >= 4 is 11.8 Å². The molecule has 0 aliphatic rings. The zero-order chi connectivity index (χ0) is 16.5. The molecule has 7 heteroatoms. The summed E-state index contributed by atoms with van der Waals surface area (Å²) in [5, 5.41) is 5.49. The van der Waals surface area contributed by atoms with Crippen LogP contribution in [0.25, 0.3) is 0 Å². The average molecular weight is 317 g/mol. The molecule has 0 fully saturated rings. The van der Waals surface area contributed by atoms with E-state index in [1.54, 1.807) is 24.4 Å². The number of aromatic nitrogens is 1. The molecule has 0 atom stereocenters. The fourth-order valence-corrected chi connectivity index (χ4v) is 1.97. The van der Waals surface area contributed by atoms with Gasteiger partial charge < -0.3 is 19.8 Å². The van der Waals surface area contributed by atoms with Gasteiger partial charge >= 0.3 is 0 Å². The lowest BCUT2D eigenvalue weighted by molar-refractivity contribution is -0.121. The lowest BCUT2D eigenvalue weighted by Gasteiger charge is -2.08. The molecule has 2 amide bonds. The van der Waals surface area contributed by atoms with Crippen LogP contribution in [0.1, 0.15) is 29.0 Å². The van der Waals surface area contributed by atoms with Gasteiger partial charge in [-0.3, -0.25) is 9.59 Å². The van der Waals surface area contributed by atoms with Crippen molar-refractivity contribution in [3.05, 3.63) is 48.0 Å². The summed E-state index contributed by atoms with van der Waals surface area (Å²) >= 11 is 0. The van der Waals surface area contributed by atoms with E-state index in [-0.39, 0.29) is 17.6 Å². The average Bonchev–Trinajstić information content (AvgIpc) is 3.11. The topological polar surface area (TPSA) is 93.5 Å². The summed E-state index contributed by atoms with van der Waals surface area (Å²) in [4.78, 5) is 27.5. The van der Waals surface area contributed by atoms with E-state index >= 15 is 0 Å². The van der Waals surface area contributed by atoms with Crippen LogP contribution in [-0.2, 0) is 11.3 Å². The fraction of sp³-hybridized carbons (Fsp3) is 0.312. The second-order valence-electron chi connectivity index (χ2n) is 4.79. The number of nitrogens with zero attached hydrogens (tertiary/aromatic N) is 1. The van der Waals surface area contributed by atoms with Crippen molar-refractivity contribution in [3.63, 3.8) is 0 Å². The molecule has 2 aromatic heterocycles. The molecule has 2 rings (SSSR count). The highest BCUT2D eigenvalue weighted by Gasteiger charge is 2.08. The number of carbonyl (C=O) groups excluding carboxylic acids is 2. The van der Waals surface area contributed by atoms with Gasteiger partial charge in [0.05, 0.1) is 13.4 Å². The Kier molecular flexibility index (Phi) is 6.17. The van der Waals surface area contributed by atoms with Crippen molar-refractivity contribution in [1.82, 2.24) is 15.6 Å². The van der Waals surface area contributed by atoms with Crippen LogP contribution in [0.3, 0.4) is 0 Å². The monoisotopic (exact) mass is 317 g/mol. The largest absolute Gasteiger partial charge is 0.481 e. The first-order chi connectivity index (χ1) is 11.2. The minimum absolute atomic E-state index is 0.0943. The Morgan fingerprint density at radius 3 is 2.87 bits per heavy atom. The van der Waals surface area contributed by atoms with Gasteiger partial charge in [-0.05, 0) is 24.6 Å². The van der Waals surface area contributed by atoms with Crippen LogP contribution in [0, 0.1) is 0 Å². The number of pyridine rings is 1. The zero-order valence-electron chi connectivity index (χ0n) is 12.9. The minimum Gasteiger partial charge on any atom is -0.481 e. The van der Waals surface area contributed by atoms with Gasteiger partial charge in [-0.1, -0.05) is 6.07 Å². The summed E-state index contributed by atoms with van der Waals surface area (Å²) in [5.41, 5.74) is 0.814. The predicted molar refractivity (Wildman–Crippen MR) is 82.9 cm³/mol. The van der Waals surface area contributed by atoms with Gasteiger partial charge in [0.25, 0.3) is 5.91 Å². The molecule has 0 radical (unpaired) electrons. The van der Waals surface area contributed by atoms with Crippen LogP contribution in [0.15, 0.2) is 41.1 Å². The molecule has 0 saturated heterocycles. The molecule has 2 N–H and O–H groups in total. The molecular formula is C16H19N3O4. The number of carbonyl (C=O) groups is 2. The molecule has 23 heavy (non-hydrogen) atoms. The third-order valence-electron chi connectivity index (χ3n) is 3.13. The third kappa shape index (κ3) is 5.14. The van der Waals surface area contributed by atoms with Gasteiger partial charge in [0.2, 0.25) is 11.8 Å². The van der Waals surface area contributed by atoms with E-state index in [2.05, 4.69) is 15.6 Å². The Bertz CT molecular complexity index is 641. The van der Waals surface area contributed by atoms with E-state index in [4.69, 9.17) is 9.15 Å². The molecule has 0 saturated carbocycles. The number of rotatable bonds is 8. The first-order valence-electron chi connectivity index (χ1n) is 7.27. The van der Waals surface area contributed by atoms with Gasteiger partial charge in [-0.25, -0.2) is 4.98 Å². The molecule has 122 valence electrons. The maximum atomic E-state index is 11.8. The number of nitrogens with one attached hydrogen (secondary N) is 2. The van der Waals surface area contributed by atoms with Crippen LogP contribution in [0.2, 0.25) is 0 Å². The molecule has 0 bridgehead atoms. The summed E-state index contributed by atoms with van der Waals surface area (Å²) in [6.07, 6.45) is 3.93. The minimum atomic E-state index is -0.282. The number of amides is 2. The Morgan fingerprint density at radius 2 is 2.13 bits per heavy atom. The zero-order valence-corrected chi connectivity index (χ0v) is 12.9. The molecule has 2 heterocycles. The molecule has 7 nitrogen and oxygen atoms in total. The van der Waals surface area contributed by atoms with Crippen molar-refractivity contribution in [3.8, 4) is 5.88 Å². The molecule has 0 spiro atoms. The SMILES string of the molecule is COc1ncccc1CNC(=O)CCCNC(=O)c1ccco1. The normalized spacial score (nSPS) is 10.1. The Labute approximate surface area is 134 Å².